The number of hydrogen-bond acceptors (Lipinski definition) is 2. The minimum absolute atomic E-state index is 0.945. The van der Waals surface area contributed by atoms with Gasteiger partial charge in [0.25, 0.3) is 0 Å². The zero-order chi connectivity index (χ0) is 11.1. The second-order valence-corrected chi connectivity index (χ2v) is 5.24. The van der Waals surface area contributed by atoms with Crippen molar-refractivity contribution < 1.29 is 0 Å². The van der Waals surface area contributed by atoms with E-state index in [1.807, 2.05) is 0 Å². The Hall–Kier alpha value is -0.0800. The summed E-state index contributed by atoms with van der Waals surface area (Å²) in [5.41, 5.74) is 0. The smallest absolute Gasteiger partial charge is 0.0104 e. The van der Waals surface area contributed by atoms with Gasteiger partial charge in [-0.3, -0.25) is 0 Å². The van der Waals surface area contributed by atoms with Gasteiger partial charge in [-0.25, -0.2) is 0 Å². The monoisotopic (exact) mass is 212 g/mol. The molecule has 2 heteroatoms. The minimum Gasteiger partial charge on any atom is -0.315 e. The molecule has 1 N–H and O–H groups in total. The van der Waals surface area contributed by atoms with Gasteiger partial charge >= 0.3 is 0 Å². The molecule has 2 atom stereocenters. The Morgan fingerprint density at radius 2 is 2.13 bits per heavy atom. The largest absolute Gasteiger partial charge is 0.315 e. The Labute approximate surface area is 95.4 Å². The van der Waals surface area contributed by atoms with E-state index in [1.165, 1.54) is 38.8 Å². The first-order valence-electron chi connectivity index (χ1n) is 6.61. The van der Waals surface area contributed by atoms with E-state index in [0.29, 0.717) is 0 Å². The SMILES string of the molecule is CCN(C)CCNCC1CCCC(C)C1. The summed E-state index contributed by atoms with van der Waals surface area (Å²) in [5, 5.41) is 3.60. The van der Waals surface area contributed by atoms with Crippen LogP contribution < -0.4 is 5.32 Å². The Kier molecular flexibility index (Phi) is 6.26. The molecular formula is C13H28N2. The van der Waals surface area contributed by atoms with Crippen LogP contribution in [0.2, 0.25) is 0 Å². The van der Waals surface area contributed by atoms with Crippen LogP contribution in [0, 0.1) is 11.8 Å². The third-order valence-corrected chi connectivity index (χ3v) is 3.69. The van der Waals surface area contributed by atoms with Crippen LogP contribution in [-0.4, -0.2) is 38.1 Å². The second kappa shape index (κ2) is 7.24. The van der Waals surface area contributed by atoms with Crippen LogP contribution in [0.4, 0.5) is 0 Å². The van der Waals surface area contributed by atoms with Crippen molar-refractivity contribution in [2.45, 2.75) is 39.5 Å². The predicted molar refractivity (Wildman–Crippen MR) is 67.2 cm³/mol. The average molecular weight is 212 g/mol. The number of likely N-dealkylation sites (N-methyl/N-ethyl adjacent to an activating group) is 1. The minimum atomic E-state index is 0.945. The van der Waals surface area contributed by atoms with Crippen molar-refractivity contribution >= 4 is 0 Å². The third-order valence-electron chi connectivity index (χ3n) is 3.69. The zero-order valence-electron chi connectivity index (χ0n) is 10.8. The highest BCUT2D eigenvalue weighted by molar-refractivity contribution is 4.72. The quantitative estimate of drug-likeness (QED) is 0.680. The van der Waals surface area contributed by atoms with Crippen molar-refractivity contribution in [3.05, 3.63) is 0 Å². The van der Waals surface area contributed by atoms with Crippen molar-refractivity contribution in [3.8, 4) is 0 Å². The van der Waals surface area contributed by atoms with Crippen LogP contribution in [0.3, 0.4) is 0 Å². The lowest BCUT2D eigenvalue weighted by atomic mass is 9.82. The standard InChI is InChI=1S/C13H28N2/c1-4-15(3)9-8-14-11-13-7-5-6-12(2)10-13/h12-14H,4-11H2,1-3H3. The van der Waals surface area contributed by atoms with Gasteiger partial charge in [0.15, 0.2) is 0 Å². The molecule has 15 heavy (non-hydrogen) atoms. The highest BCUT2D eigenvalue weighted by atomic mass is 15.1. The molecule has 2 nitrogen and oxygen atoms in total. The Bertz CT molecular complexity index is 159. The first-order valence-corrected chi connectivity index (χ1v) is 6.61. The van der Waals surface area contributed by atoms with Gasteiger partial charge < -0.3 is 10.2 Å². The highest BCUT2D eigenvalue weighted by Gasteiger charge is 2.17. The number of nitrogens with one attached hydrogen (secondary N) is 1. The molecular weight excluding hydrogens is 184 g/mol. The maximum atomic E-state index is 3.60. The molecule has 0 heterocycles. The molecule has 0 spiro atoms. The fourth-order valence-corrected chi connectivity index (χ4v) is 2.48. The molecule has 1 aliphatic rings. The lowest BCUT2D eigenvalue weighted by Gasteiger charge is -2.27. The second-order valence-electron chi connectivity index (χ2n) is 5.24. The van der Waals surface area contributed by atoms with Crippen molar-refractivity contribution in [3.63, 3.8) is 0 Å². The molecule has 1 fully saturated rings. The van der Waals surface area contributed by atoms with Crippen LogP contribution in [0.5, 0.6) is 0 Å². The molecule has 0 amide bonds. The number of nitrogens with zero attached hydrogens (tertiary/aromatic N) is 1. The summed E-state index contributed by atoms with van der Waals surface area (Å²) in [6.07, 6.45) is 5.79. The highest BCUT2D eigenvalue weighted by Crippen LogP contribution is 2.27. The van der Waals surface area contributed by atoms with Gasteiger partial charge in [-0.1, -0.05) is 26.7 Å². The van der Waals surface area contributed by atoms with Crippen LogP contribution in [0.25, 0.3) is 0 Å². The molecule has 0 aliphatic heterocycles. The lowest BCUT2D eigenvalue weighted by molar-refractivity contribution is 0.268. The maximum Gasteiger partial charge on any atom is 0.0104 e. The van der Waals surface area contributed by atoms with E-state index in [0.717, 1.165) is 24.9 Å². The van der Waals surface area contributed by atoms with Crippen LogP contribution in [0.15, 0.2) is 0 Å². The first kappa shape index (κ1) is 13.0. The van der Waals surface area contributed by atoms with E-state index < -0.39 is 0 Å². The molecule has 0 aromatic heterocycles. The van der Waals surface area contributed by atoms with E-state index in [2.05, 4.69) is 31.1 Å². The van der Waals surface area contributed by atoms with Gasteiger partial charge in [0.05, 0.1) is 0 Å². The Balaban J connectivity index is 1.99. The van der Waals surface area contributed by atoms with Gasteiger partial charge in [0.2, 0.25) is 0 Å². The fraction of sp³-hybridized carbons (Fsp3) is 1.00. The van der Waals surface area contributed by atoms with E-state index >= 15 is 0 Å². The topological polar surface area (TPSA) is 15.3 Å². The molecule has 90 valence electrons. The molecule has 0 radical (unpaired) electrons. The normalized spacial score (nSPS) is 27.2. The Morgan fingerprint density at radius 3 is 2.80 bits per heavy atom. The van der Waals surface area contributed by atoms with E-state index in [1.54, 1.807) is 0 Å². The molecule has 0 saturated heterocycles. The number of rotatable bonds is 6. The summed E-state index contributed by atoms with van der Waals surface area (Å²) in [7, 11) is 2.18. The molecule has 2 unspecified atom stereocenters. The predicted octanol–water partition coefficient (Wildman–Crippen LogP) is 2.35. The van der Waals surface area contributed by atoms with Gasteiger partial charge in [0, 0.05) is 13.1 Å². The van der Waals surface area contributed by atoms with E-state index in [4.69, 9.17) is 0 Å². The molecule has 1 saturated carbocycles. The summed E-state index contributed by atoms with van der Waals surface area (Å²) in [4.78, 5) is 2.36. The summed E-state index contributed by atoms with van der Waals surface area (Å²) < 4.78 is 0. The van der Waals surface area contributed by atoms with Crippen LogP contribution in [0.1, 0.15) is 39.5 Å². The molecule has 0 bridgehead atoms. The zero-order valence-corrected chi connectivity index (χ0v) is 10.8. The van der Waals surface area contributed by atoms with Gasteiger partial charge in [0.1, 0.15) is 0 Å². The lowest BCUT2D eigenvalue weighted by Crippen LogP contribution is -2.33. The average Bonchev–Trinajstić information content (AvgIpc) is 2.24. The van der Waals surface area contributed by atoms with Crippen molar-refractivity contribution in [1.29, 1.82) is 0 Å². The van der Waals surface area contributed by atoms with Crippen LogP contribution in [-0.2, 0) is 0 Å². The molecule has 0 aromatic rings. The summed E-state index contributed by atoms with van der Waals surface area (Å²) >= 11 is 0. The van der Waals surface area contributed by atoms with Gasteiger partial charge in [-0.2, -0.15) is 0 Å². The maximum absolute atomic E-state index is 3.60. The summed E-state index contributed by atoms with van der Waals surface area (Å²) in [6.45, 7) is 9.33. The third kappa shape index (κ3) is 5.53. The van der Waals surface area contributed by atoms with Crippen molar-refractivity contribution in [1.82, 2.24) is 10.2 Å². The number of hydrogen-bond donors (Lipinski definition) is 1. The van der Waals surface area contributed by atoms with E-state index in [9.17, 15) is 0 Å². The molecule has 0 aromatic carbocycles. The van der Waals surface area contributed by atoms with Crippen molar-refractivity contribution in [2.75, 3.05) is 33.2 Å². The fourth-order valence-electron chi connectivity index (χ4n) is 2.48. The van der Waals surface area contributed by atoms with Gasteiger partial charge in [-0.15, -0.1) is 0 Å². The first-order chi connectivity index (χ1) is 7.22. The summed E-state index contributed by atoms with van der Waals surface area (Å²) in [5.74, 6) is 1.91. The molecule has 1 aliphatic carbocycles. The van der Waals surface area contributed by atoms with Crippen LogP contribution >= 0.6 is 0 Å². The Morgan fingerprint density at radius 1 is 1.33 bits per heavy atom. The summed E-state index contributed by atoms with van der Waals surface area (Å²) in [6, 6.07) is 0. The van der Waals surface area contributed by atoms with Crippen molar-refractivity contribution in [2.24, 2.45) is 11.8 Å². The molecule has 1 rings (SSSR count). The van der Waals surface area contributed by atoms with E-state index in [-0.39, 0.29) is 0 Å². The van der Waals surface area contributed by atoms with Gasteiger partial charge in [-0.05, 0) is 44.8 Å².